The van der Waals surface area contributed by atoms with E-state index in [1.165, 1.54) is 35.6 Å². The summed E-state index contributed by atoms with van der Waals surface area (Å²) in [5.41, 5.74) is 1.58. The molecule has 1 amide bonds. The molecule has 0 fully saturated rings. The second-order valence-corrected chi connectivity index (χ2v) is 8.42. The molecule has 154 valence electrons. The second kappa shape index (κ2) is 9.55. The minimum atomic E-state index is -0.508. The summed E-state index contributed by atoms with van der Waals surface area (Å²) in [4.78, 5) is 26.1. The van der Waals surface area contributed by atoms with Crippen molar-refractivity contribution in [3.8, 4) is 0 Å². The van der Waals surface area contributed by atoms with Gasteiger partial charge in [-0.1, -0.05) is 31.0 Å². The maximum absolute atomic E-state index is 13.9. The maximum Gasteiger partial charge on any atom is 0.341 e. The molecule has 0 saturated heterocycles. The molecule has 0 aliphatic heterocycles. The van der Waals surface area contributed by atoms with Crippen LogP contribution in [-0.4, -0.2) is 18.5 Å². The number of hydrogen-bond acceptors (Lipinski definition) is 4. The number of anilines is 1. The third kappa shape index (κ3) is 4.87. The molecule has 29 heavy (non-hydrogen) atoms. The number of rotatable bonds is 6. The van der Waals surface area contributed by atoms with E-state index in [1.807, 2.05) is 0 Å². The summed E-state index contributed by atoms with van der Waals surface area (Å²) in [5, 5.41) is 3.48. The molecular formula is C22H23ClFNO3S. The average molecular weight is 436 g/mol. The monoisotopic (exact) mass is 435 g/mol. The Hall–Kier alpha value is -2.18. The number of esters is 1. The van der Waals surface area contributed by atoms with Crippen LogP contribution in [0.5, 0.6) is 0 Å². The number of fused-ring (bicyclic) bond motifs is 1. The Morgan fingerprint density at radius 2 is 2.17 bits per heavy atom. The molecule has 0 radical (unpaired) electrons. The van der Waals surface area contributed by atoms with E-state index in [9.17, 15) is 14.0 Å². The first-order valence-corrected chi connectivity index (χ1v) is 10.9. The van der Waals surface area contributed by atoms with Crippen LogP contribution in [0.1, 0.15) is 53.1 Å². The summed E-state index contributed by atoms with van der Waals surface area (Å²) in [5.74, 6) is -0.800. The lowest BCUT2D eigenvalue weighted by Gasteiger charge is -2.20. The third-order valence-corrected chi connectivity index (χ3v) is 6.56. The number of halogens is 2. The number of benzene rings is 1. The van der Waals surface area contributed by atoms with Crippen molar-refractivity contribution >= 4 is 45.9 Å². The molecule has 7 heteroatoms. The Balaban J connectivity index is 1.86. The van der Waals surface area contributed by atoms with Gasteiger partial charge in [0, 0.05) is 16.5 Å². The molecule has 1 aliphatic rings. The molecule has 1 atom stereocenters. The molecule has 2 aromatic rings. The van der Waals surface area contributed by atoms with Crippen molar-refractivity contribution in [3.63, 3.8) is 0 Å². The largest absolute Gasteiger partial charge is 0.462 e. The molecule has 4 nitrogen and oxygen atoms in total. The highest BCUT2D eigenvalue weighted by Gasteiger charge is 2.29. The van der Waals surface area contributed by atoms with E-state index in [-0.39, 0.29) is 17.2 Å². The van der Waals surface area contributed by atoms with Gasteiger partial charge in [0.15, 0.2) is 0 Å². The molecule has 1 aromatic heterocycles. The van der Waals surface area contributed by atoms with E-state index in [1.54, 1.807) is 13.0 Å². The quantitative estimate of drug-likeness (QED) is 0.455. The van der Waals surface area contributed by atoms with Crippen molar-refractivity contribution in [1.82, 2.24) is 0 Å². The van der Waals surface area contributed by atoms with Crippen LogP contribution in [0.2, 0.25) is 5.02 Å². The van der Waals surface area contributed by atoms with E-state index < -0.39 is 17.7 Å². The smallest absolute Gasteiger partial charge is 0.341 e. The highest BCUT2D eigenvalue weighted by atomic mass is 35.5. The van der Waals surface area contributed by atoms with Crippen LogP contribution in [0.4, 0.5) is 9.39 Å². The zero-order valence-electron chi connectivity index (χ0n) is 16.4. The minimum Gasteiger partial charge on any atom is -0.462 e. The third-order valence-electron chi connectivity index (χ3n) is 5.06. The number of hydrogen-bond donors (Lipinski definition) is 1. The Morgan fingerprint density at radius 3 is 2.86 bits per heavy atom. The lowest BCUT2D eigenvalue weighted by Crippen LogP contribution is -2.16. The van der Waals surface area contributed by atoms with E-state index in [0.29, 0.717) is 16.5 Å². The van der Waals surface area contributed by atoms with E-state index in [2.05, 4.69) is 12.2 Å². The van der Waals surface area contributed by atoms with Crippen molar-refractivity contribution in [1.29, 1.82) is 0 Å². The van der Waals surface area contributed by atoms with E-state index >= 15 is 0 Å². The van der Waals surface area contributed by atoms with Gasteiger partial charge in [0.1, 0.15) is 10.8 Å². The number of thiophene rings is 1. The molecule has 0 saturated carbocycles. The van der Waals surface area contributed by atoms with Crippen molar-refractivity contribution in [3.05, 3.63) is 56.7 Å². The number of carbonyl (C=O) groups excluding carboxylic acids is 2. The number of ether oxygens (including phenoxy) is 1. The lowest BCUT2D eigenvalue weighted by atomic mass is 9.85. The van der Waals surface area contributed by atoms with E-state index in [4.69, 9.17) is 16.3 Å². The highest BCUT2D eigenvalue weighted by Crippen LogP contribution is 2.40. The summed E-state index contributed by atoms with van der Waals surface area (Å²) in [6.45, 7) is 4.18. The van der Waals surface area contributed by atoms with Gasteiger partial charge in [-0.25, -0.2) is 9.18 Å². The van der Waals surface area contributed by atoms with Gasteiger partial charge in [0.2, 0.25) is 5.91 Å². The van der Waals surface area contributed by atoms with Crippen LogP contribution >= 0.6 is 22.9 Å². The Labute approximate surface area is 178 Å². The van der Waals surface area contributed by atoms with Crippen molar-refractivity contribution in [2.45, 2.75) is 39.5 Å². The predicted octanol–water partition coefficient (Wildman–Crippen LogP) is 5.88. The van der Waals surface area contributed by atoms with Crippen LogP contribution in [0.15, 0.2) is 24.3 Å². The summed E-state index contributed by atoms with van der Waals surface area (Å²) in [6.07, 6.45) is 6.35. The fraction of sp³-hybridized carbons (Fsp3) is 0.364. The van der Waals surface area contributed by atoms with Gasteiger partial charge in [-0.2, -0.15) is 0 Å². The summed E-state index contributed by atoms with van der Waals surface area (Å²) in [7, 11) is 0. The first-order valence-electron chi connectivity index (χ1n) is 9.69. The Kier molecular flexibility index (Phi) is 7.09. The van der Waals surface area contributed by atoms with Gasteiger partial charge < -0.3 is 10.1 Å². The van der Waals surface area contributed by atoms with Gasteiger partial charge in [0.25, 0.3) is 0 Å². The SMILES string of the molecule is CCOC(=O)c1c(NC(=O)/C=C/c2c(F)cccc2Cl)sc2c1CCC(CC)C2. The fourth-order valence-electron chi connectivity index (χ4n) is 3.49. The van der Waals surface area contributed by atoms with Crippen LogP contribution in [0, 0.1) is 11.7 Å². The van der Waals surface area contributed by atoms with Crippen LogP contribution in [0.3, 0.4) is 0 Å². The molecule has 0 bridgehead atoms. The molecule has 1 aliphatic carbocycles. The molecular weight excluding hydrogens is 413 g/mol. The molecule has 1 heterocycles. The summed E-state index contributed by atoms with van der Waals surface area (Å²) < 4.78 is 19.1. The number of amides is 1. The predicted molar refractivity (Wildman–Crippen MR) is 115 cm³/mol. The maximum atomic E-state index is 13.9. The van der Waals surface area contributed by atoms with Gasteiger partial charge in [-0.15, -0.1) is 11.3 Å². The van der Waals surface area contributed by atoms with Crippen molar-refractivity contribution < 1.29 is 18.7 Å². The molecule has 3 rings (SSSR count). The number of nitrogens with one attached hydrogen (secondary N) is 1. The highest BCUT2D eigenvalue weighted by molar-refractivity contribution is 7.17. The van der Waals surface area contributed by atoms with E-state index in [0.717, 1.165) is 36.1 Å². The van der Waals surface area contributed by atoms with Gasteiger partial charge in [-0.3, -0.25) is 4.79 Å². The molecule has 1 unspecified atom stereocenters. The van der Waals surface area contributed by atoms with Crippen LogP contribution in [-0.2, 0) is 22.4 Å². The van der Waals surface area contributed by atoms with Gasteiger partial charge in [-0.05, 0) is 55.9 Å². The Morgan fingerprint density at radius 1 is 1.38 bits per heavy atom. The zero-order valence-corrected chi connectivity index (χ0v) is 18.0. The molecule has 1 N–H and O–H groups in total. The van der Waals surface area contributed by atoms with Crippen molar-refractivity contribution in [2.24, 2.45) is 5.92 Å². The summed E-state index contributed by atoms with van der Waals surface area (Å²) in [6, 6.07) is 4.33. The van der Waals surface area contributed by atoms with Gasteiger partial charge in [0.05, 0.1) is 17.2 Å². The standard InChI is InChI=1S/C22H23ClFNO3S/c1-3-13-8-9-15-18(12-13)29-21(20(15)22(27)28-4-2)25-19(26)11-10-14-16(23)6-5-7-17(14)24/h5-7,10-11,13H,3-4,8-9,12H2,1-2H3,(H,25,26)/b11-10+. The van der Waals surface area contributed by atoms with Gasteiger partial charge >= 0.3 is 5.97 Å². The molecule has 1 aromatic carbocycles. The minimum absolute atomic E-state index is 0.145. The molecule has 0 spiro atoms. The topological polar surface area (TPSA) is 55.4 Å². The Bertz CT molecular complexity index is 934. The summed E-state index contributed by atoms with van der Waals surface area (Å²) >= 11 is 7.41. The normalized spacial score (nSPS) is 15.9. The average Bonchev–Trinajstić information content (AvgIpc) is 3.04. The first-order chi connectivity index (χ1) is 13.9. The zero-order chi connectivity index (χ0) is 21.0. The van der Waals surface area contributed by atoms with Crippen molar-refractivity contribution in [2.75, 3.05) is 11.9 Å². The fourth-order valence-corrected chi connectivity index (χ4v) is 5.07. The van der Waals surface area contributed by atoms with Crippen LogP contribution < -0.4 is 5.32 Å². The van der Waals surface area contributed by atoms with Crippen LogP contribution in [0.25, 0.3) is 6.08 Å². The number of carbonyl (C=O) groups is 2. The second-order valence-electron chi connectivity index (χ2n) is 6.90. The lowest BCUT2D eigenvalue weighted by molar-refractivity contribution is -0.111. The first kappa shape index (κ1) is 21.5.